The summed E-state index contributed by atoms with van der Waals surface area (Å²) in [5, 5.41) is 3.13. The van der Waals surface area contributed by atoms with Gasteiger partial charge in [-0.1, -0.05) is 42.5 Å². The van der Waals surface area contributed by atoms with Gasteiger partial charge in [0.25, 0.3) is 0 Å². The highest BCUT2D eigenvalue weighted by atomic mass is 32.2. The number of imidazole rings is 1. The number of fused-ring (bicyclic) bond motifs is 1. The van der Waals surface area contributed by atoms with Gasteiger partial charge in [-0.15, -0.1) is 0 Å². The second kappa shape index (κ2) is 10.6. The average Bonchev–Trinajstić information content (AvgIpc) is 3.36. The Morgan fingerprint density at radius 1 is 0.850 bits per heavy atom. The average molecular weight is 548 g/mol. The van der Waals surface area contributed by atoms with Crippen molar-refractivity contribution in [1.82, 2.24) is 19.4 Å². The zero-order valence-electron chi connectivity index (χ0n) is 21.6. The summed E-state index contributed by atoms with van der Waals surface area (Å²) >= 11 is 0. The van der Waals surface area contributed by atoms with Crippen molar-refractivity contribution in [2.45, 2.75) is 11.5 Å². The van der Waals surface area contributed by atoms with Gasteiger partial charge in [0, 0.05) is 29.9 Å². The lowest BCUT2D eigenvalue weighted by atomic mass is 10.1. The molecule has 0 bridgehead atoms. The van der Waals surface area contributed by atoms with Crippen LogP contribution in [0.4, 0.5) is 11.6 Å². The molecule has 0 radical (unpaired) electrons. The fraction of sp³-hybridized carbons (Fsp3) is 0.0645. The number of anilines is 2. The maximum atomic E-state index is 12.0. The molecule has 9 heteroatoms. The van der Waals surface area contributed by atoms with Crippen LogP contribution in [0.15, 0.2) is 120 Å². The third-order valence-corrected chi connectivity index (χ3v) is 7.43. The van der Waals surface area contributed by atoms with Crippen molar-refractivity contribution in [2.24, 2.45) is 0 Å². The van der Waals surface area contributed by atoms with E-state index in [1.54, 1.807) is 30.5 Å². The van der Waals surface area contributed by atoms with Crippen molar-refractivity contribution in [1.29, 1.82) is 0 Å². The van der Waals surface area contributed by atoms with E-state index in [1.165, 1.54) is 6.26 Å². The first-order valence-electron chi connectivity index (χ1n) is 12.6. The van der Waals surface area contributed by atoms with E-state index in [1.807, 2.05) is 89.5 Å². The van der Waals surface area contributed by atoms with Crippen LogP contribution in [-0.2, 0) is 16.4 Å². The van der Waals surface area contributed by atoms with Gasteiger partial charge in [0.15, 0.2) is 9.84 Å². The number of nitrogens with one attached hydrogen (secondary N) is 1. The summed E-state index contributed by atoms with van der Waals surface area (Å²) in [6, 6.07) is 32.1. The van der Waals surface area contributed by atoms with Gasteiger partial charge in [-0.25, -0.2) is 23.4 Å². The highest BCUT2D eigenvalue weighted by Crippen LogP contribution is 2.33. The van der Waals surface area contributed by atoms with Gasteiger partial charge in [0.1, 0.15) is 18.0 Å². The topological polar surface area (TPSA) is 98.5 Å². The third-order valence-electron chi connectivity index (χ3n) is 6.32. The summed E-state index contributed by atoms with van der Waals surface area (Å²) in [6.45, 7) is 0.490. The van der Waals surface area contributed by atoms with Crippen molar-refractivity contribution in [3.05, 3.63) is 121 Å². The van der Waals surface area contributed by atoms with E-state index in [-0.39, 0.29) is 4.90 Å². The van der Waals surface area contributed by atoms with Crippen LogP contribution in [-0.4, -0.2) is 34.0 Å². The van der Waals surface area contributed by atoms with E-state index in [2.05, 4.69) is 10.3 Å². The molecule has 0 aliphatic heterocycles. The Labute approximate surface area is 231 Å². The normalized spacial score (nSPS) is 11.4. The molecule has 1 N–H and O–H groups in total. The number of nitrogens with zero attached hydrogens (tertiary/aromatic N) is 4. The Kier molecular flexibility index (Phi) is 6.71. The first-order valence-corrected chi connectivity index (χ1v) is 14.5. The zero-order chi connectivity index (χ0) is 27.5. The summed E-state index contributed by atoms with van der Waals surface area (Å²) in [5.41, 5.74) is 5.61. The molecule has 0 fully saturated rings. The van der Waals surface area contributed by atoms with E-state index in [4.69, 9.17) is 14.7 Å². The first-order chi connectivity index (χ1) is 19.4. The predicted octanol–water partition coefficient (Wildman–Crippen LogP) is 6.18. The van der Waals surface area contributed by atoms with Crippen LogP contribution < -0.4 is 10.1 Å². The molecule has 0 atom stereocenters. The van der Waals surface area contributed by atoms with Crippen LogP contribution in [0.1, 0.15) is 5.56 Å². The summed E-state index contributed by atoms with van der Waals surface area (Å²) in [6.07, 6.45) is 4.79. The molecule has 8 nitrogen and oxygen atoms in total. The van der Waals surface area contributed by atoms with Crippen LogP contribution in [0.3, 0.4) is 0 Å². The minimum atomic E-state index is -3.34. The Bertz CT molecular complexity index is 1900. The third kappa shape index (κ3) is 5.41. The van der Waals surface area contributed by atoms with Gasteiger partial charge >= 0.3 is 0 Å². The quantitative estimate of drug-likeness (QED) is 0.243. The predicted molar refractivity (Wildman–Crippen MR) is 155 cm³/mol. The van der Waals surface area contributed by atoms with Crippen molar-refractivity contribution in [2.75, 3.05) is 11.6 Å². The maximum absolute atomic E-state index is 12.0. The van der Waals surface area contributed by atoms with Crippen molar-refractivity contribution in [3.63, 3.8) is 0 Å². The highest BCUT2D eigenvalue weighted by Gasteiger charge is 2.18. The lowest BCUT2D eigenvalue weighted by Gasteiger charge is -2.10. The molecule has 0 aliphatic carbocycles. The van der Waals surface area contributed by atoms with E-state index < -0.39 is 9.84 Å². The Hall–Kier alpha value is -5.02. The Balaban J connectivity index is 1.33. The van der Waals surface area contributed by atoms with Crippen LogP contribution in [0.25, 0.3) is 28.3 Å². The highest BCUT2D eigenvalue weighted by molar-refractivity contribution is 7.90. The molecule has 0 amide bonds. The molecule has 0 spiro atoms. The molecule has 3 aromatic carbocycles. The van der Waals surface area contributed by atoms with Crippen molar-refractivity contribution >= 4 is 27.1 Å². The zero-order valence-corrected chi connectivity index (χ0v) is 22.4. The lowest BCUT2D eigenvalue weighted by Crippen LogP contribution is -2.01. The molecule has 0 aliphatic rings. The number of benzene rings is 3. The van der Waals surface area contributed by atoms with Crippen LogP contribution >= 0.6 is 0 Å². The molecule has 3 aromatic heterocycles. The maximum Gasteiger partial charge on any atom is 0.227 e. The van der Waals surface area contributed by atoms with E-state index in [9.17, 15) is 8.42 Å². The van der Waals surface area contributed by atoms with Crippen LogP contribution in [0, 0.1) is 0 Å². The van der Waals surface area contributed by atoms with E-state index >= 15 is 0 Å². The fourth-order valence-electron chi connectivity index (χ4n) is 4.38. The van der Waals surface area contributed by atoms with Gasteiger partial charge in [0.05, 0.1) is 22.0 Å². The summed E-state index contributed by atoms with van der Waals surface area (Å²) < 4.78 is 31.9. The molecular formula is C31H25N5O3S. The first kappa shape index (κ1) is 25.3. The molecule has 3 heterocycles. The minimum Gasteiger partial charge on any atom is -0.489 e. The summed E-state index contributed by atoms with van der Waals surface area (Å²) in [7, 11) is -3.34. The van der Waals surface area contributed by atoms with Gasteiger partial charge < -0.3 is 10.1 Å². The lowest BCUT2D eigenvalue weighted by molar-refractivity contribution is 0.306. The number of sulfone groups is 1. The second-order valence-electron chi connectivity index (χ2n) is 9.23. The number of aromatic nitrogens is 4. The second-order valence-corrected chi connectivity index (χ2v) is 11.2. The van der Waals surface area contributed by atoms with Crippen LogP contribution in [0.2, 0.25) is 0 Å². The fourth-order valence-corrected chi connectivity index (χ4v) is 5.04. The molecule has 198 valence electrons. The molecule has 0 saturated heterocycles. The molecular weight excluding hydrogens is 522 g/mol. The smallest absolute Gasteiger partial charge is 0.227 e. The van der Waals surface area contributed by atoms with Crippen molar-refractivity contribution in [3.8, 4) is 28.4 Å². The molecule has 40 heavy (non-hydrogen) atoms. The molecule has 6 rings (SSSR count). The molecule has 0 saturated carbocycles. The van der Waals surface area contributed by atoms with Crippen LogP contribution in [0.5, 0.6) is 5.75 Å². The number of hydrogen-bond acceptors (Lipinski definition) is 7. The number of hydrogen-bond donors (Lipinski definition) is 1. The van der Waals surface area contributed by atoms with Gasteiger partial charge in [-0.3, -0.25) is 4.40 Å². The standard InChI is InChI=1S/C31H25N5O3S/c1-40(37,38)26-11-7-10-24(20-26)33-31-32-18-17-27(34-31)30-29(35-28-12-5-6-19-36(28)30)23-13-15-25(16-14-23)39-21-22-8-3-2-4-9-22/h2-20H,21H2,1H3,(H,32,33,34). The van der Waals surface area contributed by atoms with Crippen molar-refractivity contribution < 1.29 is 13.2 Å². The number of ether oxygens (including phenoxy) is 1. The van der Waals surface area contributed by atoms with Gasteiger partial charge in [-0.2, -0.15) is 0 Å². The monoisotopic (exact) mass is 547 g/mol. The SMILES string of the molecule is CS(=O)(=O)c1cccc(Nc2nccc(-c3c(-c4ccc(OCc5ccccc5)cc4)nc4ccccn34)n2)c1. The number of rotatable bonds is 8. The minimum absolute atomic E-state index is 0.217. The Morgan fingerprint density at radius 2 is 1.65 bits per heavy atom. The summed E-state index contributed by atoms with van der Waals surface area (Å²) in [5.74, 6) is 1.10. The van der Waals surface area contributed by atoms with E-state index in [0.29, 0.717) is 23.9 Å². The largest absolute Gasteiger partial charge is 0.489 e. The van der Waals surface area contributed by atoms with E-state index in [0.717, 1.165) is 33.9 Å². The Morgan fingerprint density at radius 3 is 2.45 bits per heavy atom. The number of pyridine rings is 1. The molecule has 0 unspecified atom stereocenters. The van der Waals surface area contributed by atoms with Gasteiger partial charge in [0.2, 0.25) is 5.95 Å². The van der Waals surface area contributed by atoms with Gasteiger partial charge in [-0.05, 0) is 66.2 Å². The molecule has 6 aromatic rings. The summed E-state index contributed by atoms with van der Waals surface area (Å²) in [4.78, 5) is 14.2.